The average molecular weight is 384 g/mol. The lowest BCUT2D eigenvalue weighted by Gasteiger charge is -2.07. The van der Waals surface area contributed by atoms with Crippen molar-refractivity contribution in [1.29, 1.82) is 0 Å². The van der Waals surface area contributed by atoms with Gasteiger partial charge >= 0.3 is 5.97 Å². The van der Waals surface area contributed by atoms with Crippen LogP contribution in [-0.2, 0) is 16.1 Å². The summed E-state index contributed by atoms with van der Waals surface area (Å²) in [6, 6.07) is 9.72. The molecule has 0 saturated heterocycles. The molecule has 4 nitrogen and oxygen atoms in total. The number of hydrogen-bond acceptors (Lipinski definition) is 3. The average Bonchev–Trinajstić information content (AvgIpc) is 2.54. The monoisotopic (exact) mass is 383 g/mol. The van der Waals surface area contributed by atoms with Crippen LogP contribution in [0.5, 0.6) is 0 Å². The number of carbonyl (C=O) groups is 2. The van der Waals surface area contributed by atoms with Gasteiger partial charge in [0.05, 0.1) is 5.56 Å². The molecule has 1 N–H and O–H groups in total. The second-order valence-corrected chi connectivity index (χ2v) is 5.52. The maximum Gasteiger partial charge on any atom is 0.341 e. The van der Waals surface area contributed by atoms with Gasteiger partial charge in [0.2, 0.25) is 0 Å². The lowest BCUT2D eigenvalue weighted by molar-refractivity contribution is -0.124. The van der Waals surface area contributed by atoms with E-state index in [0.717, 1.165) is 28.2 Å². The fraction of sp³-hybridized carbons (Fsp3) is 0.125. The van der Waals surface area contributed by atoms with Gasteiger partial charge in [-0.2, -0.15) is 0 Å². The van der Waals surface area contributed by atoms with Crippen LogP contribution in [0.2, 0.25) is 0 Å². The van der Waals surface area contributed by atoms with Crippen LogP contribution in [0.1, 0.15) is 15.9 Å². The number of amides is 1. The standard InChI is InChI=1S/C16H12BrF2NO3/c17-11-3-1-10(2-4-11)8-20-15(21)9-23-16(22)13-7-12(18)5-6-14(13)19/h1-7H,8-9H2,(H,20,21). The third-order valence-corrected chi connectivity index (χ3v) is 3.41. The Morgan fingerprint density at radius 3 is 2.48 bits per heavy atom. The summed E-state index contributed by atoms with van der Waals surface area (Å²) in [7, 11) is 0. The van der Waals surface area contributed by atoms with Crippen LogP contribution in [0.15, 0.2) is 46.9 Å². The van der Waals surface area contributed by atoms with Gasteiger partial charge in [-0.1, -0.05) is 28.1 Å². The van der Waals surface area contributed by atoms with Crippen molar-refractivity contribution >= 4 is 27.8 Å². The predicted molar refractivity (Wildman–Crippen MR) is 82.6 cm³/mol. The normalized spacial score (nSPS) is 10.2. The summed E-state index contributed by atoms with van der Waals surface area (Å²) < 4.78 is 31.9. The number of ether oxygens (including phenoxy) is 1. The largest absolute Gasteiger partial charge is 0.452 e. The Kier molecular flexibility index (Phi) is 5.81. The van der Waals surface area contributed by atoms with E-state index in [2.05, 4.69) is 26.0 Å². The summed E-state index contributed by atoms with van der Waals surface area (Å²) in [5.74, 6) is -3.32. The summed E-state index contributed by atoms with van der Waals surface area (Å²) in [6.07, 6.45) is 0. The quantitative estimate of drug-likeness (QED) is 0.806. The first kappa shape index (κ1) is 17.1. The summed E-state index contributed by atoms with van der Waals surface area (Å²) >= 11 is 3.30. The van der Waals surface area contributed by atoms with Crippen molar-refractivity contribution < 1.29 is 23.1 Å². The molecule has 0 heterocycles. The van der Waals surface area contributed by atoms with Gasteiger partial charge in [0.1, 0.15) is 11.6 Å². The van der Waals surface area contributed by atoms with Gasteiger partial charge in [-0.3, -0.25) is 4.79 Å². The van der Waals surface area contributed by atoms with Crippen molar-refractivity contribution in [3.8, 4) is 0 Å². The van der Waals surface area contributed by atoms with Crippen molar-refractivity contribution in [2.24, 2.45) is 0 Å². The number of esters is 1. The van der Waals surface area contributed by atoms with Gasteiger partial charge in [-0.25, -0.2) is 13.6 Å². The molecule has 0 aliphatic rings. The first-order valence-corrected chi connectivity index (χ1v) is 7.38. The Morgan fingerprint density at radius 1 is 1.09 bits per heavy atom. The highest BCUT2D eigenvalue weighted by Gasteiger charge is 2.15. The van der Waals surface area contributed by atoms with Crippen LogP contribution in [0.3, 0.4) is 0 Å². The Balaban J connectivity index is 1.83. The highest BCUT2D eigenvalue weighted by molar-refractivity contribution is 9.10. The fourth-order valence-corrected chi connectivity index (χ4v) is 1.98. The fourth-order valence-electron chi connectivity index (χ4n) is 1.72. The lowest BCUT2D eigenvalue weighted by atomic mass is 10.2. The van der Waals surface area contributed by atoms with Crippen molar-refractivity contribution in [1.82, 2.24) is 5.32 Å². The molecule has 0 spiro atoms. The summed E-state index contributed by atoms with van der Waals surface area (Å²) in [5, 5.41) is 2.55. The van der Waals surface area contributed by atoms with Gasteiger partial charge in [0.15, 0.2) is 6.61 Å². The third-order valence-electron chi connectivity index (χ3n) is 2.89. The van der Waals surface area contributed by atoms with Crippen LogP contribution in [0, 0.1) is 11.6 Å². The minimum absolute atomic E-state index is 0.262. The molecule has 7 heteroatoms. The van der Waals surface area contributed by atoms with Gasteiger partial charge in [-0.05, 0) is 35.9 Å². The van der Waals surface area contributed by atoms with E-state index in [1.165, 1.54) is 0 Å². The molecular weight excluding hydrogens is 372 g/mol. The van der Waals surface area contributed by atoms with Crippen molar-refractivity contribution in [2.75, 3.05) is 6.61 Å². The van der Waals surface area contributed by atoms with Crippen LogP contribution in [0.25, 0.3) is 0 Å². The van der Waals surface area contributed by atoms with Crippen LogP contribution in [-0.4, -0.2) is 18.5 Å². The maximum absolute atomic E-state index is 13.4. The number of rotatable bonds is 5. The van der Waals surface area contributed by atoms with E-state index in [9.17, 15) is 18.4 Å². The van der Waals surface area contributed by atoms with Gasteiger partial charge < -0.3 is 10.1 Å². The second kappa shape index (κ2) is 7.82. The molecule has 2 aromatic carbocycles. The van der Waals surface area contributed by atoms with Crippen LogP contribution < -0.4 is 5.32 Å². The van der Waals surface area contributed by atoms with E-state index in [1.54, 1.807) is 0 Å². The zero-order chi connectivity index (χ0) is 16.8. The number of benzene rings is 2. The Hall–Kier alpha value is -2.28. The molecule has 0 aliphatic heterocycles. The zero-order valence-electron chi connectivity index (χ0n) is 11.8. The molecule has 0 fully saturated rings. The molecule has 0 unspecified atom stereocenters. The highest BCUT2D eigenvalue weighted by atomic mass is 79.9. The van der Waals surface area contributed by atoms with E-state index in [1.807, 2.05) is 24.3 Å². The molecule has 0 bridgehead atoms. The SMILES string of the molecule is O=C(COC(=O)c1cc(F)ccc1F)NCc1ccc(Br)cc1. The minimum Gasteiger partial charge on any atom is -0.452 e. The van der Waals surface area contributed by atoms with E-state index >= 15 is 0 Å². The Bertz CT molecular complexity index is 720. The van der Waals surface area contributed by atoms with Crippen molar-refractivity contribution in [2.45, 2.75) is 6.54 Å². The highest BCUT2D eigenvalue weighted by Crippen LogP contribution is 2.11. The summed E-state index contributed by atoms with van der Waals surface area (Å²) in [4.78, 5) is 23.2. The van der Waals surface area contributed by atoms with E-state index < -0.39 is 35.7 Å². The van der Waals surface area contributed by atoms with Gasteiger partial charge in [0, 0.05) is 11.0 Å². The molecule has 0 atom stereocenters. The number of halogens is 3. The second-order valence-electron chi connectivity index (χ2n) is 4.60. The van der Waals surface area contributed by atoms with Crippen LogP contribution in [0.4, 0.5) is 8.78 Å². The van der Waals surface area contributed by atoms with E-state index in [-0.39, 0.29) is 6.54 Å². The summed E-state index contributed by atoms with van der Waals surface area (Å²) in [5.41, 5.74) is 0.315. The first-order chi connectivity index (χ1) is 11.0. The predicted octanol–water partition coefficient (Wildman–Crippen LogP) is 3.20. The third kappa shape index (κ3) is 5.14. The topological polar surface area (TPSA) is 55.4 Å². The molecule has 2 aromatic rings. The summed E-state index contributed by atoms with van der Waals surface area (Å²) in [6.45, 7) is -0.316. The number of nitrogens with one attached hydrogen (secondary N) is 1. The molecule has 0 saturated carbocycles. The molecule has 1 amide bonds. The Morgan fingerprint density at radius 2 is 1.78 bits per heavy atom. The molecule has 23 heavy (non-hydrogen) atoms. The maximum atomic E-state index is 13.4. The number of carbonyl (C=O) groups excluding carboxylic acids is 2. The smallest absolute Gasteiger partial charge is 0.341 e. The Labute approximate surface area is 139 Å². The van der Waals surface area contributed by atoms with Crippen molar-refractivity contribution in [3.63, 3.8) is 0 Å². The zero-order valence-corrected chi connectivity index (χ0v) is 13.4. The molecule has 0 radical (unpaired) electrons. The lowest BCUT2D eigenvalue weighted by Crippen LogP contribution is -2.28. The van der Waals surface area contributed by atoms with Crippen LogP contribution >= 0.6 is 15.9 Å². The molecule has 120 valence electrons. The van der Waals surface area contributed by atoms with E-state index in [0.29, 0.717) is 0 Å². The molecule has 2 rings (SSSR count). The number of hydrogen-bond donors (Lipinski definition) is 1. The first-order valence-electron chi connectivity index (χ1n) is 6.59. The van der Waals surface area contributed by atoms with Crippen molar-refractivity contribution in [3.05, 3.63) is 69.7 Å². The molecular formula is C16H12BrF2NO3. The minimum atomic E-state index is -1.10. The molecule has 0 aromatic heterocycles. The van der Waals surface area contributed by atoms with Gasteiger partial charge in [0.25, 0.3) is 5.91 Å². The van der Waals surface area contributed by atoms with Gasteiger partial charge in [-0.15, -0.1) is 0 Å². The molecule has 0 aliphatic carbocycles. The van der Waals surface area contributed by atoms with E-state index in [4.69, 9.17) is 0 Å².